The second-order valence-electron chi connectivity index (χ2n) is 5.87. The second-order valence-corrected chi connectivity index (χ2v) is 6.85. The third kappa shape index (κ3) is 3.11. The van der Waals surface area contributed by atoms with Crippen LogP contribution in [0.15, 0.2) is 48.5 Å². The summed E-state index contributed by atoms with van der Waals surface area (Å²) in [4.78, 5) is 0. The van der Waals surface area contributed by atoms with Crippen molar-refractivity contribution in [3.05, 3.63) is 59.7 Å². The zero-order valence-electron chi connectivity index (χ0n) is 13.4. The molecule has 4 rings (SSSR count). The molecule has 0 saturated carbocycles. The third-order valence-electron chi connectivity index (χ3n) is 4.15. The van der Waals surface area contributed by atoms with Crippen molar-refractivity contribution in [1.82, 2.24) is 15.6 Å². The largest absolute Gasteiger partial charge is 0.360 e. The Hall–Kier alpha value is -2.44. The van der Waals surface area contributed by atoms with Crippen molar-refractivity contribution in [1.29, 1.82) is 0 Å². The van der Waals surface area contributed by atoms with E-state index in [1.54, 1.807) is 11.3 Å². The van der Waals surface area contributed by atoms with E-state index in [9.17, 15) is 0 Å². The number of rotatable bonds is 5. The maximum absolute atomic E-state index is 4.33. The zero-order chi connectivity index (χ0) is 16.4. The lowest BCUT2D eigenvalue weighted by Crippen LogP contribution is -2.15. The van der Waals surface area contributed by atoms with Gasteiger partial charge < -0.3 is 10.7 Å². The van der Waals surface area contributed by atoms with Gasteiger partial charge in [-0.25, -0.2) is 5.43 Å². The summed E-state index contributed by atoms with van der Waals surface area (Å²) in [5.41, 5.74) is 11.2. The highest BCUT2D eigenvalue weighted by molar-refractivity contribution is 7.18. The normalized spacial score (nSPS) is 15.8. The Bertz CT molecular complexity index is 830. The van der Waals surface area contributed by atoms with Crippen LogP contribution in [0.5, 0.6) is 0 Å². The van der Waals surface area contributed by atoms with Crippen LogP contribution in [0.2, 0.25) is 0 Å². The number of hydrogen-bond donors (Lipinski definition) is 3. The predicted octanol–water partition coefficient (Wildman–Crippen LogP) is 3.85. The maximum Gasteiger partial charge on any atom is 0.206 e. The number of aromatic nitrogens is 2. The van der Waals surface area contributed by atoms with Gasteiger partial charge in [-0.2, -0.15) is 0 Å². The molecular formula is C18H19N5S. The fraction of sp³-hybridized carbons (Fsp3) is 0.222. The van der Waals surface area contributed by atoms with E-state index in [0.29, 0.717) is 6.04 Å². The first-order valence-electron chi connectivity index (χ1n) is 8.07. The fourth-order valence-corrected chi connectivity index (χ4v) is 3.57. The molecule has 5 nitrogen and oxygen atoms in total. The molecule has 3 N–H and O–H groups in total. The molecule has 1 atom stereocenters. The number of nitrogens with one attached hydrogen (secondary N) is 3. The van der Waals surface area contributed by atoms with E-state index in [0.717, 1.165) is 34.4 Å². The Kier molecular flexibility index (Phi) is 4.15. The van der Waals surface area contributed by atoms with Crippen LogP contribution in [0.3, 0.4) is 0 Å². The van der Waals surface area contributed by atoms with Crippen LogP contribution >= 0.6 is 11.3 Å². The summed E-state index contributed by atoms with van der Waals surface area (Å²) in [6, 6.07) is 17.1. The monoisotopic (exact) mass is 337 g/mol. The van der Waals surface area contributed by atoms with Gasteiger partial charge in [-0.15, -0.1) is 10.2 Å². The highest BCUT2D eigenvalue weighted by Crippen LogP contribution is 2.34. The maximum atomic E-state index is 4.33. The van der Waals surface area contributed by atoms with Crippen molar-refractivity contribution >= 4 is 22.2 Å². The summed E-state index contributed by atoms with van der Waals surface area (Å²) in [5, 5.41) is 13.8. The molecule has 1 unspecified atom stereocenters. The molecule has 0 saturated heterocycles. The molecule has 0 fully saturated rings. The Morgan fingerprint density at radius 3 is 2.88 bits per heavy atom. The quantitative estimate of drug-likeness (QED) is 0.660. The van der Waals surface area contributed by atoms with Crippen LogP contribution in [0, 0.1) is 0 Å². The van der Waals surface area contributed by atoms with E-state index in [1.807, 2.05) is 6.07 Å². The van der Waals surface area contributed by atoms with Gasteiger partial charge in [0.05, 0.1) is 11.7 Å². The first kappa shape index (κ1) is 15.1. The fourth-order valence-electron chi connectivity index (χ4n) is 2.80. The molecule has 0 amide bonds. The Morgan fingerprint density at radius 1 is 1.12 bits per heavy atom. The summed E-state index contributed by atoms with van der Waals surface area (Å²) in [5.74, 6) is 0. The van der Waals surface area contributed by atoms with E-state index in [2.05, 4.69) is 75.8 Å². The molecule has 24 heavy (non-hydrogen) atoms. The molecule has 0 bridgehead atoms. The van der Waals surface area contributed by atoms with Crippen LogP contribution in [-0.4, -0.2) is 16.7 Å². The molecule has 1 aliphatic rings. The lowest BCUT2D eigenvalue weighted by molar-refractivity contribution is 0.687. The van der Waals surface area contributed by atoms with Gasteiger partial charge >= 0.3 is 0 Å². The van der Waals surface area contributed by atoms with Gasteiger partial charge in [0.2, 0.25) is 5.13 Å². The second kappa shape index (κ2) is 6.59. The van der Waals surface area contributed by atoms with Crippen LogP contribution in [-0.2, 0) is 6.42 Å². The first-order valence-corrected chi connectivity index (χ1v) is 8.88. The van der Waals surface area contributed by atoms with Crippen molar-refractivity contribution in [2.75, 3.05) is 17.3 Å². The molecule has 0 radical (unpaired) electrons. The summed E-state index contributed by atoms with van der Waals surface area (Å²) >= 11 is 1.59. The number of fused-ring (bicyclic) bond motifs is 1. The molecule has 2 aromatic carbocycles. The molecular weight excluding hydrogens is 318 g/mol. The molecule has 0 spiro atoms. The highest BCUT2D eigenvalue weighted by atomic mass is 32.1. The Labute approximate surface area is 145 Å². The van der Waals surface area contributed by atoms with E-state index < -0.39 is 0 Å². The molecule has 6 heteroatoms. The minimum Gasteiger partial charge on any atom is -0.360 e. The molecule has 3 aromatic rings. The average molecular weight is 337 g/mol. The van der Waals surface area contributed by atoms with Gasteiger partial charge in [0, 0.05) is 12.1 Å². The summed E-state index contributed by atoms with van der Waals surface area (Å²) in [6.07, 6.45) is 0.976. The van der Waals surface area contributed by atoms with E-state index >= 15 is 0 Å². The van der Waals surface area contributed by atoms with Crippen molar-refractivity contribution in [2.24, 2.45) is 0 Å². The summed E-state index contributed by atoms with van der Waals surface area (Å²) in [7, 11) is 0. The van der Waals surface area contributed by atoms with E-state index in [1.165, 1.54) is 11.1 Å². The number of nitrogens with zero attached hydrogens (tertiary/aromatic N) is 2. The van der Waals surface area contributed by atoms with Gasteiger partial charge in [-0.3, -0.25) is 0 Å². The lowest BCUT2D eigenvalue weighted by atomic mass is 10.1. The van der Waals surface area contributed by atoms with E-state index in [-0.39, 0.29) is 0 Å². The standard InChI is InChI=1S/C18H19N5S/c1-12-15-11-14(7-8-16(15)21-20-12)17-22-23-18(24-17)19-10-9-13-5-3-2-4-6-13/h2-8,11-12,20-21H,9-10H2,1H3,(H,19,23). The highest BCUT2D eigenvalue weighted by Gasteiger charge is 2.18. The predicted molar refractivity (Wildman–Crippen MR) is 99.2 cm³/mol. The molecule has 0 aliphatic carbocycles. The number of hydrogen-bond acceptors (Lipinski definition) is 6. The van der Waals surface area contributed by atoms with Crippen LogP contribution in [0.25, 0.3) is 10.6 Å². The van der Waals surface area contributed by atoms with Gasteiger partial charge in [0.25, 0.3) is 0 Å². The van der Waals surface area contributed by atoms with Gasteiger partial charge in [-0.1, -0.05) is 41.7 Å². The van der Waals surface area contributed by atoms with Crippen molar-refractivity contribution in [2.45, 2.75) is 19.4 Å². The van der Waals surface area contributed by atoms with Crippen molar-refractivity contribution in [3.8, 4) is 10.6 Å². The van der Waals surface area contributed by atoms with E-state index in [4.69, 9.17) is 0 Å². The molecule has 1 aliphatic heterocycles. The third-order valence-corrected chi connectivity index (χ3v) is 5.08. The minimum absolute atomic E-state index is 0.302. The number of anilines is 2. The molecule has 2 heterocycles. The van der Waals surface area contributed by atoms with Crippen LogP contribution in [0.4, 0.5) is 10.8 Å². The topological polar surface area (TPSA) is 61.9 Å². The molecule has 122 valence electrons. The molecule has 1 aromatic heterocycles. The lowest BCUT2D eigenvalue weighted by Gasteiger charge is -2.03. The average Bonchev–Trinajstić information content (AvgIpc) is 3.23. The number of benzene rings is 2. The number of hydrazine groups is 1. The van der Waals surface area contributed by atoms with Gasteiger partial charge in [-0.05, 0) is 42.7 Å². The van der Waals surface area contributed by atoms with Crippen molar-refractivity contribution < 1.29 is 0 Å². The zero-order valence-corrected chi connectivity index (χ0v) is 14.2. The van der Waals surface area contributed by atoms with Gasteiger partial charge in [0.1, 0.15) is 5.01 Å². The summed E-state index contributed by atoms with van der Waals surface area (Å²) < 4.78 is 0. The van der Waals surface area contributed by atoms with Gasteiger partial charge in [0.15, 0.2) is 0 Å². The smallest absolute Gasteiger partial charge is 0.206 e. The minimum atomic E-state index is 0.302. The van der Waals surface area contributed by atoms with Crippen LogP contribution < -0.4 is 16.2 Å². The summed E-state index contributed by atoms with van der Waals surface area (Å²) in [6.45, 7) is 2.99. The Balaban J connectivity index is 1.42. The van der Waals surface area contributed by atoms with Crippen molar-refractivity contribution in [3.63, 3.8) is 0 Å². The SMILES string of the molecule is CC1NNc2ccc(-c3nnc(NCCc4ccccc4)s3)cc21. The Morgan fingerprint density at radius 2 is 2.00 bits per heavy atom. The van der Waals surface area contributed by atoms with Crippen LogP contribution in [0.1, 0.15) is 24.1 Å². The first-order chi connectivity index (χ1) is 11.8.